The molecule has 1 atom stereocenters. The number of hydrogen-bond acceptors (Lipinski definition) is 4. The van der Waals surface area contributed by atoms with Gasteiger partial charge in [0.05, 0.1) is 17.6 Å². The van der Waals surface area contributed by atoms with Gasteiger partial charge in [-0.1, -0.05) is 24.9 Å². The monoisotopic (exact) mass is 295 g/mol. The SMILES string of the molecule is CCCCOC(=O)C(C)n1c(N)nc2cc(Cl)ccc21. The lowest BCUT2D eigenvalue weighted by Crippen LogP contribution is -2.21. The second-order valence-corrected chi connectivity index (χ2v) is 5.11. The first kappa shape index (κ1) is 14.7. The van der Waals surface area contributed by atoms with Crippen LogP contribution in [0.5, 0.6) is 0 Å². The molecule has 0 aliphatic carbocycles. The van der Waals surface area contributed by atoms with Gasteiger partial charge in [0.15, 0.2) is 0 Å². The Morgan fingerprint density at radius 3 is 3.00 bits per heavy atom. The van der Waals surface area contributed by atoms with Gasteiger partial charge >= 0.3 is 5.97 Å². The van der Waals surface area contributed by atoms with Crippen molar-refractivity contribution >= 4 is 34.6 Å². The minimum absolute atomic E-state index is 0.280. The summed E-state index contributed by atoms with van der Waals surface area (Å²) in [6.45, 7) is 4.22. The summed E-state index contributed by atoms with van der Waals surface area (Å²) in [7, 11) is 0. The average Bonchev–Trinajstić information content (AvgIpc) is 2.73. The van der Waals surface area contributed by atoms with Crippen molar-refractivity contribution in [1.29, 1.82) is 0 Å². The van der Waals surface area contributed by atoms with Crippen LogP contribution >= 0.6 is 11.6 Å². The molecular weight excluding hydrogens is 278 g/mol. The van der Waals surface area contributed by atoms with Crippen molar-refractivity contribution in [1.82, 2.24) is 9.55 Å². The molecule has 0 saturated carbocycles. The van der Waals surface area contributed by atoms with Gasteiger partial charge in [-0.25, -0.2) is 9.78 Å². The average molecular weight is 296 g/mol. The molecule has 0 saturated heterocycles. The van der Waals surface area contributed by atoms with E-state index in [-0.39, 0.29) is 11.9 Å². The summed E-state index contributed by atoms with van der Waals surface area (Å²) in [5.74, 6) is -0.0263. The van der Waals surface area contributed by atoms with E-state index in [0.29, 0.717) is 17.1 Å². The number of nitrogens with zero attached hydrogens (tertiary/aromatic N) is 2. The molecule has 6 heteroatoms. The number of nitrogens with two attached hydrogens (primary N) is 1. The summed E-state index contributed by atoms with van der Waals surface area (Å²) in [6, 6.07) is 4.75. The van der Waals surface area contributed by atoms with Crippen molar-refractivity contribution < 1.29 is 9.53 Å². The lowest BCUT2D eigenvalue weighted by atomic mass is 10.2. The Hall–Kier alpha value is -1.75. The number of imidazole rings is 1. The third-order valence-electron chi connectivity index (χ3n) is 3.15. The molecular formula is C14H18ClN3O2. The summed E-state index contributed by atoms with van der Waals surface area (Å²) in [5, 5.41) is 0.584. The maximum absolute atomic E-state index is 12.0. The number of hydrogen-bond donors (Lipinski definition) is 1. The van der Waals surface area contributed by atoms with Crippen molar-refractivity contribution in [3.8, 4) is 0 Å². The van der Waals surface area contributed by atoms with Crippen LogP contribution in [0.2, 0.25) is 5.02 Å². The summed E-state index contributed by atoms with van der Waals surface area (Å²) in [4.78, 5) is 16.2. The van der Waals surface area contributed by atoms with E-state index in [2.05, 4.69) is 4.98 Å². The summed E-state index contributed by atoms with van der Waals surface area (Å²) in [5.41, 5.74) is 7.34. The topological polar surface area (TPSA) is 70.1 Å². The quantitative estimate of drug-likeness (QED) is 0.679. The Kier molecular flexibility index (Phi) is 4.49. The minimum atomic E-state index is -0.516. The second-order valence-electron chi connectivity index (χ2n) is 4.67. The number of ether oxygens (including phenoxy) is 1. The number of halogens is 1. The molecule has 0 spiro atoms. The van der Waals surface area contributed by atoms with E-state index in [9.17, 15) is 4.79 Å². The Labute approximate surface area is 122 Å². The maximum atomic E-state index is 12.0. The van der Waals surface area contributed by atoms with Gasteiger partial charge < -0.3 is 10.5 Å². The number of nitrogen functional groups attached to an aromatic ring is 1. The Bertz CT molecular complexity index is 624. The van der Waals surface area contributed by atoms with Crippen molar-refractivity contribution in [2.45, 2.75) is 32.7 Å². The number of aromatic nitrogens is 2. The van der Waals surface area contributed by atoms with Crippen LogP contribution in [0.25, 0.3) is 11.0 Å². The van der Waals surface area contributed by atoms with Gasteiger partial charge in [0.25, 0.3) is 0 Å². The normalized spacial score (nSPS) is 12.6. The molecule has 0 radical (unpaired) electrons. The molecule has 20 heavy (non-hydrogen) atoms. The number of carbonyl (C=O) groups excluding carboxylic acids is 1. The van der Waals surface area contributed by atoms with Crippen LogP contribution in [0.4, 0.5) is 5.95 Å². The van der Waals surface area contributed by atoms with Crippen molar-refractivity contribution in [2.75, 3.05) is 12.3 Å². The molecule has 1 heterocycles. The molecule has 1 aromatic heterocycles. The number of rotatable bonds is 5. The molecule has 108 valence electrons. The molecule has 2 rings (SSSR count). The molecule has 0 aliphatic rings. The zero-order chi connectivity index (χ0) is 14.7. The van der Waals surface area contributed by atoms with Gasteiger partial charge in [-0.2, -0.15) is 0 Å². The highest BCUT2D eigenvalue weighted by atomic mass is 35.5. The van der Waals surface area contributed by atoms with Crippen LogP contribution in [-0.4, -0.2) is 22.1 Å². The fourth-order valence-corrected chi connectivity index (χ4v) is 2.21. The fraction of sp³-hybridized carbons (Fsp3) is 0.429. The predicted molar refractivity (Wildman–Crippen MR) is 79.7 cm³/mol. The van der Waals surface area contributed by atoms with E-state index in [1.807, 2.05) is 6.92 Å². The van der Waals surface area contributed by atoms with Gasteiger partial charge in [0.1, 0.15) is 6.04 Å². The van der Waals surface area contributed by atoms with Gasteiger partial charge in [-0.3, -0.25) is 4.57 Å². The van der Waals surface area contributed by atoms with Crippen LogP contribution in [-0.2, 0) is 9.53 Å². The van der Waals surface area contributed by atoms with E-state index in [1.54, 1.807) is 29.7 Å². The highest BCUT2D eigenvalue weighted by Crippen LogP contribution is 2.25. The fourth-order valence-electron chi connectivity index (χ4n) is 2.04. The first-order valence-electron chi connectivity index (χ1n) is 6.64. The minimum Gasteiger partial charge on any atom is -0.464 e. The van der Waals surface area contributed by atoms with E-state index in [4.69, 9.17) is 22.1 Å². The molecule has 1 unspecified atom stereocenters. The summed E-state index contributed by atoms with van der Waals surface area (Å²) in [6.07, 6.45) is 1.84. The molecule has 5 nitrogen and oxygen atoms in total. The lowest BCUT2D eigenvalue weighted by molar-refractivity contribution is -0.147. The number of carbonyl (C=O) groups is 1. The van der Waals surface area contributed by atoms with Gasteiger partial charge in [0.2, 0.25) is 5.95 Å². The molecule has 0 fully saturated rings. The zero-order valence-electron chi connectivity index (χ0n) is 11.6. The van der Waals surface area contributed by atoms with Gasteiger partial charge in [-0.05, 0) is 31.5 Å². The third-order valence-corrected chi connectivity index (χ3v) is 3.38. The van der Waals surface area contributed by atoms with E-state index in [0.717, 1.165) is 18.4 Å². The third kappa shape index (κ3) is 2.88. The Morgan fingerprint density at radius 2 is 2.30 bits per heavy atom. The van der Waals surface area contributed by atoms with Crippen molar-refractivity contribution in [3.63, 3.8) is 0 Å². The van der Waals surface area contributed by atoms with Crippen LogP contribution in [0.1, 0.15) is 32.7 Å². The standard InChI is InChI=1S/C14H18ClN3O2/c1-3-4-7-20-13(19)9(2)18-12-6-5-10(15)8-11(12)17-14(18)16/h5-6,8-9H,3-4,7H2,1-2H3,(H2,16,17). The largest absolute Gasteiger partial charge is 0.464 e. The van der Waals surface area contributed by atoms with E-state index in [1.165, 1.54) is 0 Å². The predicted octanol–water partition coefficient (Wildman–Crippen LogP) is 3.18. The van der Waals surface area contributed by atoms with E-state index >= 15 is 0 Å². The number of anilines is 1. The van der Waals surface area contributed by atoms with Crippen LogP contribution < -0.4 is 5.73 Å². The zero-order valence-corrected chi connectivity index (χ0v) is 12.4. The number of esters is 1. The number of fused-ring (bicyclic) bond motifs is 1. The molecule has 0 bridgehead atoms. The number of benzene rings is 1. The maximum Gasteiger partial charge on any atom is 0.328 e. The van der Waals surface area contributed by atoms with Gasteiger partial charge in [-0.15, -0.1) is 0 Å². The molecule has 1 aromatic carbocycles. The molecule has 2 N–H and O–H groups in total. The van der Waals surface area contributed by atoms with Crippen molar-refractivity contribution in [3.05, 3.63) is 23.2 Å². The molecule has 0 aliphatic heterocycles. The van der Waals surface area contributed by atoms with E-state index < -0.39 is 6.04 Å². The Morgan fingerprint density at radius 1 is 1.55 bits per heavy atom. The highest BCUT2D eigenvalue weighted by molar-refractivity contribution is 6.31. The smallest absolute Gasteiger partial charge is 0.328 e. The molecule has 2 aromatic rings. The van der Waals surface area contributed by atoms with Crippen LogP contribution in [0, 0.1) is 0 Å². The Balaban J connectivity index is 2.27. The summed E-state index contributed by atoms with van der Waals surface area (Å²) >= 11 is 5.93. The molecule has 0 amide bonds. The second kappa shape index (κ2) is 6.13. The van der Waals surface area contributed by atoms with Crippen LogP contribution in [0.15, 0.2) is 18.2 Å². The van der Waals surface area contributed by atoms with Crippen LogP contribution in [0.3, 0.4) is 0 Å². The van der Waals surface area contributed by atoms with Crippen molar-refractivity contribution in [2.24, 2.45) is 0 Å². The summed E-state index contributed by atoms with van der Waals surface area (Å²) < 4.78 is 6.89. The first-order chi connectivity index (χ1) is 9.54. The number of unbranched alkanes of at least 4 members (excludes halogenated alkanes) is 1. The van der Waals surface area contributed by atoms with Gasteiger partial charge in [0, 0.05) is 5.02 Å². The highest BCUT2D eigenvalue weighted by Gasteiger charge is 2.21. The lowest BCUT2D eigenvalue weighted by Gasteiger charge is -2.15. The first-order valence-corrected chi connectivity index (χ1v) is 7.02.